The van der Waals surface area contributed by atoms with E-state index in [0.29, 0.717) is 11.1 Å². The lowest BCUT2D eigenvalue weighted by Gasteiger charge is -2.19. The summed E-state index contributed by atoms with van der Waals surface area (Å²) in [6.07, 6.45) is 3.06. The van der Waals surface area contributed by atoms with Gasteiger partial charge < -0.3 is 14.5 Å². The molecule has 0 aliphatic carbocycles. The van der Waals surface area contributed by atoms with Crippen LogP contribution in [0, 0.1) is 6.92 Å². The van der Waals surface area contributed by atoms with E-state index in [0.717, 1.165) is 5.56 Å². The fraction of sp³-hybridized carbons (Fsp3) is 0.391. The molecule has 31 heavy (non-hydrogen) atoms. The average Bonchev–Trinajstić information content (AvgIpc) is 3.05. The van der Waals surface area contributed by atoms with E-state index in [1.807, 2.05) is 6.92 Å². The van der Waals surface area contributed by atoms with Gasteiger partial charge in [0.1, 0.15) is 17.9 Å². The zero-order valence-electron chi connectivity index (χ0n) is 18.4. The first-order valence-electron chi connectivity index (χ1n) is 9.91. The van der Waals surface area contributed by atoms with Crippen molar-refractivity contribution >= 4 is 21.8 Å². The van der Waals surface area contributed by atoms with Gasteiger partial charge in [-0.25, -0.2) is 13.2 Å². The topological polar surface area (TPSA) is 103 Å². The normalized spacial score (nSPS) is 11.7. The third-order valence-corrected chi connectivity index (χ3v) is 6.03. The van der Waals surface area contributed by atoms with Gasteiger partial charge >= 0.3 is 11.9 Å². The van der Waals surface area contributed by atoms with Gasteiger partial charge in [-0.1, -0.05) is 30.4 Å². The van der Waals surface area contributed by atoms with Crippen molar-refractivity contribution in [1.82, 2.24) is 4.98 Å². The van der Waals surface area contributed by atoms with Crippen LogP contribution in [0.1, 0.15) is 54.4 Å². The molecule has 0 atom stereocenters. The first-order chi connectivity index (χ1) is 14.4. The first kappa shape index (κ1) is 24.4. The molecular formula is C23H29NO6S. The minimum absolute atomic E-state index is 0.0148. The van der Waals surface area contributed by atoms with Crippen molar-refractivity contribution in [3.05, 3.63) is 65.5 Å². The van der Waals surface area contributed by atoms with Crippen LogP contribution in [-0.2, 0) is 36.3 Å². The molecule has 0 unspecified atom stereocenters. The molecular weight excluding hydrogens is 418 g/mol. The average molecular weight is 448 g/mol. The van der Waals surface area contributed by atoms with Crippen LogP contribution < -0.4 is 0 Å². The van der Waals surface area contributed by atoms with Crippen molar-refractivity contribution in [1.29, 1.82) is 0 Å². The number of carbonyl (C=O) groups excluding carboxylic acids is 2. The second-order valence-electron chi connectivity index (χ2n) is 8.21. The third kappa shape index (κ3) is 7.10. The van der Waals surface area contributed by atoms with Gasteiger partial charge in [0.05, 0.1) is 10.6 Å². The zero-order chi connectivity index (χ0) is 23.2. The summed E-state index contributed by atoms with van der Waals surface area (Å²) in [6, 6.07) is 6.57. The molecule has 0 spiro atoms. The molecule has 0 radical (unpaired) electrons. The van der Waals surface area contributed by atoms with Gasteiger partial charge in [-0.15, -0.1) is 0 Å². The lowest BCUT2D eigenvalue weighted by Crippen LogP contribution is -2.25. The summed E-state index contributed by atoms with van der Waals surface area (Å²) in [4.78, 5) is 27.6. The van der Waals surface area contributed by atoms with Gasteiger partial charge in [0.25, 0.3) is 0 Å². The largest absolute Gasteiger partial charge is 0.461 e. The molecule has 0 bridgehead atoms. The number of sulfone groups is 1. The number of aryl methyl sites for hydroxylation is 1. The maximum Gasteiger partial charge on any atom is 0.355 e. The van der Waals surface area contributed by atoms with Gasteiger partial charge in [0.15, 0.2) is 9.84 Å². The van der Waals surface area contributed by atoms with Crippen LogP contribution in [-0.4, -0.2) is 37.5 Å². The molecule has 1 aromatic heterocycles. The Morgan fingerprint density at radius 1 is 1.16 bits per heavy atom. The highest BCUT2D eigenvalue weighted by Crippen LogP contribution is 2.25. The van der Waals surface area contributed by atoms with E-state index in [-0.39, 0.29) is 35.8 Å². The monoisotopic (exact) mass is 447 g/mol. The minimum atomic E-state index is -3.65. The first-order valence-corrected chi connectivity index (χ1v) is 11.6. The van der Waals surface area contributed by atoms with Crippen LogP contribution in [0.3, 0.4) is 0 Å². The number of benzene rings is 1. The maximum atomic E-state index is 12.9. The SMILES string of the molecule is C=CCOC(=O)CCc1c(CS(=O)(=O)c2ccc(C)cc2)c[nH]c1C(=O)OC(C)(C)C. The van der Waals surface area contributed by atoms with Gasteiger partial charge in [-0.2, -0.15) is 0 Å². The molecule has 2 rings (SSSR count). The number of ether oxygens (including phenoxy) is 2. The molecule has 1 aromatic carbocycles. The molecule has 1 N–H and O–H groups in total. The maximum absolute atomic E-state index is 12.9. The Morgan fingerprint density at radius 3 is 2.39 bits per heavy atom. The molecule has 168 valence electrons. The molecule has 0 aliphatic heterocycles. The van der Waals surface area contributed by atoms with E-state index in [9.17, 15) is 18.0 Å². The van der Waals surface area contributed by atoms with Crippen LogP contribution in [0.2, 0.25) is 0 Å². The third-order valence-electron chi connectivity index (χ3n) is 4.35. The molecule has 0 amide bonds. The number of carbonyl (C=O) groups is 2. The number of aromatic amines is 1. The predicted octanol–water partition coefficient (Wildman–Crippen LogP) is 3.91. The number of H-pyrrole nitrogens is 1. The number of rotatable bonds is 9. The molecule has 0 aliphatic rings. The molecule has 8 heteroatoms. The van der Waals surface area contributed by atoms with E-state index in [1.165, 1.54) is 12.3 Å². The minimum Gasteiger partial charge on any atom is -0.461 e. The van der Waals surface area contributed by atoms with Crippen molar-refractivity contribution in [3.63, 3.8) is 0 Å². The molecule has 0 saturated heterocycles. The van der Waals surface area contributed by atoms with Gasteiger partial charge in [0.2, 0.25) is 0 Å². The highest BCUT2D eigenvalue weighted by Gasteiger charge is 2.26. The lowest BCUT2D eigenvalue weighted by atomic mass is 10.1. The number of aromatic nitrogens is 1. The molecule has 2 aromatic rings. The zero-order valence-corrected chi connectivity index (χ0v) is 19.2. The Labute approximate surface area is 183 Å². The van der Waals surface area contributed by atoms with Crippen molar-refractivity contribution in [3.8, 4) is 0 Å². The van der Waals surface area contributed by atoms with Gasteiger partial charge in [-0.3, -0.25) is 4.79 Å². The van der Waals surface area contributed by atoms with Crippen LogP contribution in [0.4, 0.5) is 0 Å². The van der Waals surface area contributed by atoms with Crippen LogP contribution in [0.25, 0.3) is 0 Å². The Morgan fingerprint density at radius 2 is 1.81 bits per heavy atom. The Bertz CT molecular complexity index is 1040. The number of nitrogens with one attached hydrogen (secondary N) is 1. The molecule has 1 heterocycles. The number of hydrogen-bond acceptors (Lipinski definition) is 6. The highest BCUT2D eigenvalue weighted by molar-refractivity contribution is 7.90. The summed E-state index contributed by atoms with van der Waals surface area (Å²) in [6.45, 7) is 10.7. The van der Waals surface area contributed by atoms with E-state index < -0.39 is 27.4 Å². The summed E-state index contributed by atoms with van der Waals surface area (Å²) in [5.41, 5.74) is 1.21. The predicted molar refractivity (Wildman–Crippen MR) is 118 cm³/mol. The lowest BCUT2D eigenvalue weighted by molar-refractivity contribution is -0.142. The highest BCUT2D eigenvalue weighted by atomic mass is 32.2. The number of esters is 2. The van der Waals surface area contributed by atoms with Crippen molar-refractivity contribution in [2.45, 2.75) is 56.8 Å². The summed E-state index contributed by atoms with van der Waals surface area (Å²) in [5, 5.41) is 0. The second-order valence-corrected chi connectivity index (χ2v) is 10.2. The van der Waals surface area contributed by atoms with Crippen LogP contribution in [0.15, 0.2) is 48.0 Å². The second kappa shape index (κ2) is 9.96. The Kier molecular flexibility index (Phi) is 7.84. The fourth-order valence-electron chi connectivity index (χ4n) is 2.90. The Hall–Kier alpha value is -2.87. The summed E-state index contributed by atoms with van der Waals surface area (Å²) < 4.78 is 36.3. The fourth-order valence-corrected chi connectivity index (χ4v) is 4.29. The van der Waals surface area contributed by atoms with Crippen molar-refractivity contribution in [2.75, 3.05) is 6.61 Å². The van der Waals surface area contributed by atoms with Gasteiger partial charge in [0, 0.05) is 12.6 Å². The molecule has 0 fully saturated rings. The van der Waals surface area contributed by atoms with E-state index in [2.05, 4.69) is 11.6 Å². The van der Waals surface area contributed by atoms with E-state index >= 15 is 0 Å². The number of hydrogen-bond donors (Lipinski definition) is 1. The quantitative estimate of drug-likeness (QED) is 0.462. The smallest absolute Gasteiger partial charge is 0.355 e. The standard InChI is InChI=1S/C23H29NO6S/c1-6-13-29-20(25)12-11-19-17(14-24-21(19)22(26)30-23(3,4)5)15-31(27,28)18-9-7-16(2)8-10-18/h6-10,14,24H,1,11-13,15H2,2-5H3. The van der Waals surface area contributed by atoms with Crippen LogP contribution in [0.5, 0.6) is 0 Å². The van der Waals surface area contributed by atoms with E-state index in [1.54, 1.807) is 45.0 Å². The summed E-state index contributed by atoms with van der Waals surface area (Å²) in [5.74, 6) is -1.39. The molecule has 7 nitrogen and oxygen atoms in total. The Balaban J connectivity index is 2.34. The summed E-state index contributed by atoms with van der Waals surface area (Å²) >= 11 is 0. The molecule has 0 saturated carbocycles. The summed E-state index contributed by atoms with van der Waals surface area (Å²) in [7, 11) is -3.65. The van der Waals surface area contributed by atoms with Crippen LogP contribution >= 0.6 is 0 Å². The van der Waals surface area contributed by atoms with E-state index in [4.69, 9.17) is 9.47 Å². The van der Waals surface area contributed by atoms with Gasteiger partial charge in [-0.05, 0) is 57.4 Å². The van der Waals surface area contributed by atoms with Crippen molar-refractivity contribution < 1.29 is 27.5 Å². The van der Waals surface area contributed by atoms with Crippen molar-refractivity contribution in [2.24, 2.45) is 0 Å².